The monoisotopic (exact) mass is 340 g/mol. The Morgan fingerprint density at radius 3 is 2.96 bits per heavy atom. The third kappa shape index (κ3) is 2.42. The number of hydrogen-bond acceptors (Lipinski definition) is 8. The third-order valence-corrected chi connectivity index (χ3v) is 4.29. The van der Waals surface area contributed by atoms with Gasteiger partial charge in [0.05, 0.1) is 18.1 Å². The molecule has 0 fully saturated rings. The highest BCUT2D eigenvalue weighted by atomic mass is 32.1. The summed E-state index contributed by atoms with van der Waals surface area (Å²) in [5.41, 5.74) is 2.01. The van der Waals surface area contributed by atoms with E-state index in [0.29, 0.717) is 26.8 Å². The quantitative estimate of drug-likeness (QED) is 0.584. The highest BCUT2D eigenvalue weighted by molar-refractivity contribution is 7.19. The number of nitrogens with one attached hydrogen (secondary N) is 2. The molecule has 4 aromatic rings. The van der Waals surface area contributed by atoms with E-state index in [1.54, 1.807) is 26.5 Å². The molecule has 4 rings (SSSR count). The van der Waals surface area contributed by atoms with Crippen molar-refractivity contribution in [3.05, 3.63) is 29.8 Å². The molecular formula is C14H12N8OS. The summed E-state index contributed by atoms with van der Waals surface area (Å²) in [5, 5.41) is 11.2. The molecule has 0 radical (unpaired) electrons. The van der Waals surface area contributed by atoms with E-state index in [-0.39, 0.29) is 5.91 Å². The molecule has 0 saturated carbocycles. The van der Waals surface area contributed by atoms with Crippen LogP contribution in [0, 0.1) is 0 Å². The van der Waals surface area contributed by atoms with Gasteiger partial charge in [-0.15, -0.1) is 0 Å². The van der Waals surface area contributed by atoms with Gasteiger partial charge in [-0.1, -0.05) is 11.3 Å². The number of thiazole rings is 1. The fourth-order valence-corrected chi connectivity index (χ4v) is 3.10. The minimum absolute atomic E-state index is 0.162. The summed E-state index contributed by atoms with van der Waals surface area (Å²) in [6.07, 6.45) is 4.81. The van der Waals surface area contributed by atoms with Crippen LogP contribution < -0.4 is 5.32 Å². The van der Waals surface area contributed by atoms with E-state index in [1.165, 1.54) is 22.6 Å². The molecule has 0 aliphatic carbocycles. The summed E-state index contributed by atoms with van der Waals surface area (Å²) in [6, 6.07) is 1.90. The standard InChI is InChI=1S/C14H12N8OS/c1-22(2)14(23)13-20-9-11(16-6-17-12(9)24-13)19-8-3-7-4-18-21-10(7)15-5-8/h3-6H,1-2H3,(H,15,18,21)(H,16,17,19). The lowest BCUT2D eigenvalue weighted by Crippen LogP contribution is -2.21. The Balaban J connectivity index is 1.74. The molecule has 1 amide bonds. The summed E-state index contributed by atoms with van der Waals surface area (Å²) in [6.45, 7) is 0. The lowest BCUT2D eigenvalue weighted by Gasteiger charge is -2.06. The number of fused-ring (bicyclic) bond motifs is 2. The second-order valence-electron chi connectivity index (χ2n) is 5.25. The summed E-state index contributed by atoms with van der Waals surface area (Å²) in [4.78, 5) is 31.3. The Labute approximate surface area is 139 Å². The number of rotatable bonds is 3. The van der Waals surface area contributed by atoms with Crippen LogP contribution in [0.1, 0.15) is 9.80 Å². The fraction of sp³-hybridized carbons (Fsp3) is 0.143. The van der Waals surface area contributed by atoms with Gasteiger partial charge in [-0.3, -0.25) is 9.89 Å². The number of amides is 1. The van der Waals surface area contributed by atoms with E-state index in [4.69, 9.17) is 0 Å². The predicted octanol–water partition coefficient (Wildman–Crippen LogP) is 1.80. The summed E-state index contributed by atoms with van der Waals surface area (Å²) < 4.78 is 0. The molecule has 0 bridgehead atoms. The van der Waals surface area contributed by atoms with Gasteiger partial charge in [-0.05, 0) is 6.07 Å². The van der Waals surface area contributed by atoms with E-state index in [2.05, 4.69) is 35.5 Å². The number of carbonyl (C=O) groups is 1. The highest BCUT2D eigenvalue weighted by Gasteiger charge is 2.17. The number of aromatic amines is 1. The lowest BCUT2D eigenvalue weighted by atomic mass is 10.3. The fourth-order valence-electron chi connectivity index (χ4n) is 2.17. The predicted molar refractivity (Wildman–Crippen MR) is 90.4 cm³/mol. The Bertz CT molecular complexity index is 1050. The van der Waals surface area contributed by atoms with Crippen molar-refractivity contribution in [2.75, 3.05) is 19.4 Å². The van der Waals surface area contributed by atoms with Gasteiger partial charge in [-0.2, -0.15) is 5.10 Å². The number of nitrogens with zero attached hydrogens (tertiary/aromatic N) is 6. The van der Waals surface area contributed by atoms with E-state index in [1.807, 2.05) is 6.07 Å². The van der Waals surface area contributed by atoms with Crippen molar-refractivity contribution in [3.8, 4) is 0 Å². The molecule has 10 heteroatoms. The van der Waals surface area contributed by atoms with Crippen molar-refractivity contribution in [2.24, 2.45) is 0 Å². The first-order valence-corrected chi connectivity index (χ1v) is 7.83. The van der Waals surface area contributed by atoms with E-state index < -0.39 is 0 Å². The van der Waals surface area contributed by atoms with Crippen molar-refractivity contribution >= 4 is 50.1 Å². The first-order valence-electron chi connectivity index (χ1n) is 7.01. The molecule has 2 N–H and O–H groups in total. The average Bonchev–Trinajstić information content (AvgIpc) is 3.20. The Morgan fingerprint density at radius 2 is 2.12 bits per heavy atom. The van der Waals surface area contributed by atoms with Crippen molar-refractivity contribution in [1.29, 1.82) is 0 Å². The minimum atomic E-state index is -0.162. The van der Waals surface area contributed by atoms with Crippen molar-refractivity contribution in [3.63, 3.8) is 0 Å². The molecule has 0 aromatic carbocycles. The van der Waals surface area contributed by atoms with Crippen LogP contribution in [0.3, 0.4) is 0 Å². The van der Waals surface area contributed by atoms with Gasteiger partial charge < -0.3 is 10.2 Å². The number of H-pyrrole nitrogens is 1. The van der Waals surface area contributed by atoms with Crippen molar-refractivity contribution in [2.45, 2.75) is 0 Å². The highest BCUT2D eigenvalue weighted by Crippen LogP contribution is 2.27. The molecule has 4 heterocycles. The normalized spacial score (nSPS) is 11.1. The molecule has 0 unspecified atom stereocenters. The molecule has 120 valence electrons. The molecule has 0 saturated heterocycles. The number of pyridine rings is 1. The molecule has 4 aromatic heterocycles. The molecule has 0 aliphatic rings. The van der Waals surface area contributed by atoms with Crippen molar-refractivity contribution < 1.29 is 4.79 Å². The minimum Gasteiger partial charge on any atom is -0.343 e. The van der Waals surface area contributed by atoms with Gasteiger partial charge in [0.2, 0.25) is 0 Å². The Kier molecular flexibility index (Phi) is 3.31. The lowest BCUT2D eigenvalue weighted by molar-refractivity contribution is 0.0827. The van der Waals surface area contributed by atoms with Gasteiger partial charge >= 0.3 is 0 Å². The van der Waals surface area contributed by atoms with Gasteiger partial charge in [0.1, 0.15) is 16.7 Å². The van der Waals surface area contributed by atoms with Crippen LogP contribution in [0.4, 0.5) is 11.5 Å². The number of hydrogen-bond donors (Lipinski definition) is 2. The first-order chi connectivity index (χ1) is 11.6. The Morgan fingerprint density at radius 1 is 1.25 bits per heavy atom. The van der Waals surface area contributed by atoms with Gasteiger partial charge in [0, 0.05) is 19.5 Å². The molecular weight excluding hydrogens is 328 g/mol. The molecule has 0 atom stereocenters. The third-order valence-electron chi connectivity index (χ3n) is 3.34. The largest absolute Gasteiger partial charge is 0.343 e. The summed E-state index contributed by atoms with van der Waals surface area (Å²) in [7, 11) is 3.37. The van der Waals surface area contributed by atoms with Gasteiger partial charge in [0.25, 0.3) is 5.91 Å². The Hall–Kier alpha value is -3.14. The molecule has 0 spiro atoms. The zero-order chi connectivity index (χ0) is 16.7. The second-order valence-corrected chi connectivity index (χ2v) is 6.23. The van der Waals surface area contributed by atoms with E-state index in [9.17, 15) is 4.79 Å². The van der Waals surface area contributed by atoms with Crippen LogP contribution in [0.15, 0.2) is 24.8 Å². The maximum Gasteiger partial charge on any atom is 0.282 e. The van der Waals surface area contributed by atoms with Gasteiger partial charge in [0.15, 0.2) is 16.5 Å². The maximum absolute atomic E-state index is 12.1. The van der Waals surface area contributed by atoms with Crippen LogP contribution in [0.25, 0.3) is 21.4 Å². The van der Waals surface area contributed by atoms with Crippen LogP contribution in [-0.4, -0.2) is 55.0 Å². The zero-order valence-corrected chi connectivity index (χ0v) is 13.6. The van der Waals surface area contributed by atoms with Crippen LogP contribution in [-0.2, 0) is 0 Å². The van der Waals surface area contributed by atoms with Gasteiger partial charge in [-0.25, -0.2) is 19.9 Å². The van der Waals surface area contributed by atoms with Crippen LogP contribution in [0.5, 0.6) is 0 Å². The average molecular weight is 340 g/mol. The smallest absolute Gasteiger partial charge is 0.282 e. The topological polar surface area (TPSA) is 113 Å². The second kappa shape index (κ2) is 5.49. The zero-order valence-electron chi connectivity index (χ0n) is 12.8. The number of anilines is 2. The maximum atomic E-state index is 12.1. The van der Waals surface area contributed by atoms with E-state index in [0.717, 1.165) is 11.1 Å². The number of carbonyl (C=O) groups excluding carboxylic acids is 1. The van der Waals surface area contributed by atoms with Crippen molar-refractivity contribution in [1.82, 2.24) is 35.0 Å². The number of aromatic nitrogens is 6. The van der Waals surface area contributed by atoms with Crippen LogP contribution in [0.2, 0.25) is 0 Å². The van der Waals surface area contributed by atoms with Crippen LogP contribution >= 0.6 is 11.3 Å². The van der Waals surface area contributed by atoms with E-state index >= 15 is 0 Å². The molecule has 24 heavy (non-hydrogen) atoms. The first kappa shape index (κ1) is 14.5. The molecule has 0 aliphatic heterocycles. The summed E-state index contributed by atoms with van der Waals surface area (Å²) >= 11 is 1.24. The SMILES string of the molecule is CN(C)C(=O)c1nc2c(Nc3cnc4[nH]ncc4c3)ncnc2s1. The molecule has 9 nitrogen and oxygen atoms in total. The summed E-state index contributed by atoms with van der Waals surface area (Å²) in [5.74, 6) is 0.365.